The number of rotatable bonds is 21. The Labute approximate surface area is 335 Å². The lowest BCUT2D eigenvalue weighted by molar-refractivity contribution is -0.190. The van der Waals surface area contributed by atoms with Gasteiger partial charge in [-0.3, -0.25) is 14.4 Å². The number of hydrogen-bond donors (Lipinski definition) is 0. The van der Waals surface area contributed by atoms with Gasteiger partial charge in [-0.15, -0.1) is 0 Å². The minimum Gasteiger partial charge on any atom is -0.461 e. The zero-order valence-electron chi connectivity index (χ0n) is 38.7. The molecule has 0 aromatic rings. The number of carbonyl (C=O) groups is 3. The van der Waals surface area contributed by atoms with Gasteiger partial charge in [-0.1, -0.05) is 104 Å². The molecular weight excluding hydrogens is 673 g/mol. The number of ether oxygens (including phenoxy) is 3. The van der Waals surface area contributed by atoms with Gasteiger partial charge in [0.1, 0.15) is 18.3 Å². The number of esters is 3. The summed E-state index contributed by atoms with van der Waals surface area (Å²) in [6.45, 7) is 40.4. The molecule has 0 aliphatic carbocycles. The molecule has 3 saturated heterocycles. The van der Waals surface area contributed by atoms with E-state index in [9.17, 15) is 14.4 Å². The summed E-state index contributed by atoms with van der Waals surface area (Å²) >= 11 is 0. The van der Waals surface area contributed by atoms with Crippen molar-refractivity contribution in [2.75, 3.05) is 0 Å². The maximum atomic E-state index is 11.1. The van der Waals surface area contributed by atoms with Gasteiger partial charge in [0.25, 0.3) is 0 Å². The van der Waals surface area contributed by atoms with Gasteiger partial charge in [0.15, 0.2) is 0 Å². The van der Waals surface area contributed by atoms with Gasteiger partial charge in [0, 0.05) is 0 Å². The van der Waals surface area contributed by atoms with E-state index in [0.717, 1.165) is 53.3 Å². The molecule has 3 aliphatic rings. The molecule has 0 radical (unpaired) electrons. The molecule has 0 aromatic heterocycles. The maximum absolute atomic E-state index is 11.1. The first-order valence-corrected chi connectivity index (χ1v) is 22.5. The molecule has 0 spiro atoms. The smallest absolute Gasteiger partial charge is 0.312 e. The third-order valence-corrected chi connectivity index (χ3v) is 12.4. The van der Waals surface area contributed by atoms with E-state index in [1.54, 1.807) is 0 Å². The van der Waals surface area contributed by atoms with Crippen LogP contribution in [0, 0.1) is 88.8 Å². The van der Waals surface area contributed by atoms with Crippen LogP contribution in [0.2, 0.25) is 0 Å². The predicted octanol–water partition coefficient (Wildman–Crippen LogP) is 12.8. The topological polar surface area (TPSA) is 78.9 Å². The SMILES string of the molecule is CC(C)CC(C)CC(C)CC(C)[C@@H]1OC(=O)[C@@H]1C.CC(C)CC(C)CC(C)CC(C)[C@@H]1OC(=O)[C@H]1C.CC(C)CC(C)CC(C)CC(C)[C@H]1OC(=O)[C@H]1C. The summed E-state index contributed by atoms with van der Waals surface area (Å²) in [5.41, 5.74) is 0. The van der Waals surface area contributed by atoms with Crippen LogP contribution in [0.5, 0.6) is 0 Å². The fourth-order valence-corrected chi connectivity index (χ4v) is 10.4. The van der Waals surface area contributed by atoms with Gasteiger partial charge in [0.05, 0.1) is 17.8 Å². The van der Waals surface area contributed by atoms with Gasteiger partial charge in [0.2, 0.25) is 0 Å². The van der Waals surface area contributed by atoms with Crippen LogP contribution in [-0.4, -0.2) is 36.2 Å². The molecule has 0 amide bonds. The highest BCUT2D eigenvalue weighted by molar-refractivity contribution is 5.78. The molecule has 6 heteroatoms. The molecule has 15 atom stereocenters. The standard InChI is InChI=1S/3C16H30O2/c3*1-10(2)7-11(3)8-12(4)9-13(5)15-14(6)16(17)18-15/h3*10-15H,7-9H2,1-6H3/t2*11?,12?,13?,14-,15+;11?,12?,13?,14-,15-/m100/s1. The van der Waals surface area contributed by atoms with Crippen molar-refractivity contribution in [3.8, 4) is 0 Å². The van der Waals surface area contributed by atoms with E-state index in [0.29, 0.717) is 17.8 Å². The maximum Gasteiger partial charge on any atom is 0.312 e. The van der Waals surface area contributed by atoms with Crippen molar-refractivity contribution in [1.82, 2.24) is 0 Å². The second kappa shape index (κ2) is 24.2. The van der Waals surface area contributed by atoms with Crippen molar-refractivity contribution in [1.29, 1.82) is 0 Å². The van der Waals surface area contributed by atoms with E-state index in [1.807, 2.05) is 20.8 Å². The van der Waals surface area contributed by atoms with Crippen LogP contribution in [0.25, 0.3) is 0 Å². The number of cyclic esters (lactones) is 3. The third kappa shape index (κ3) is 18.1. The van der Waals surface area contributed by atoms with Gasteiger partial charge in [-0.25, -0.2) is 0 Å². The second-order valence-corrected chi connectivity index (χ2v) is 20.9. The number of carbonyl (C=O) groups excluding carboxylic acids is 3. The number of hydrogen-bond acceptors (Lipinski definition) is 6. The monoisotopic (exact) mass is 763 g/mol. The highest BCUT2D eigenvalue weighted by Gasteiger charge is 2.44. The van der Waals surface area contributed by atoms with E-state index >= 15 is 0 Å². The molecule has 54 heavy (non-hydrogen) atoms. The zero-order chi connectivity index (χ0) is 41.6. The molecule has 3 fully saturated rings. The van der Waals surface area contributed by atoms with Crippen molar-refractivity contribution < 1.29 is 28.6 Å². The Hall–Kier alpha value is -1.59. The molecule has 6 nitrogen and oxygen atoms in total. The predicted molar refractivity (Wildman–Crippen MR) is 226 cm³/mol. The Kier molecular flexibility index (Phi) is 22.6. The quantitative estimate of drug-likeness (QED) is 0.0856. The van der Waals surface area contributed by atoms with Crippen LogP contribution >= 0.6 is 0 Å². The fraction of sp³-hybridized carbons (Fsp3) is 0.938. The lowest BCUT2D eigenvalue weighted by Gasteiger charge is -2.38. The highest BCUT2D eigenvalue weighted by atomic mass is 16.6. The molecule has 3 rings (SSSR count). The zero-order valence-corrected chi connectivity index (χ0v) is 38.7. The molecule has 0 saturated carbocycles. The average molecular weight is 763 g/mol. The molecule has 3 aliphatic heterocycles. The van der Waals surface area contributed by atoms with Gasteiger partial charge < -0.3 is 14.2 Å². The summed E-state index contributed by atoms with van der Waals surface area (Å²) in [5.74, 6) is 8.70. The summed E-state index contributed by atoms with van der Waals surface area (Å²) in [6, 6.07) is 0. The largest absolute Gasteiger partial charge is 0.461 e. The molecule has 0 aromatic carbocycles. The first-order chi connectivity index (χ1) is 24.9. The van der Waals surface area contributed by atoms with Gasteiger partial charge >= 0.3 is 17.9 Å². The summed E-state index contributed by atoms with van der Waals surface area (Å²) in [7, 11) is 0. The van der Waals surface area contributed by atoms with Gasteiger partial charge in [-0.05, 0) is 150 Å². The Morgan fingerprint density at radius 1 is 0.333 bits per heavy atom. The summed E-state index contributed by atoms with van der Waals surface area (Å²) in [5, 5.41) is 0. The first kappa shape index (κ1) is 50.4. The molecule has 0 N–H and O–H groups in total. The van der Waals surface area contributed by atoms with E-state index in [2.05, 4.69) is 104 Å². The lowest BCUT2D eigenvalue weighted by Crippen LogP contribution is -2.47. The fourth-order valence-electron chi connectivity index (χ4n) is 10.4. The van der Waals surface area contributed by atoms with E-state index in [1.165, 1.54) is 57.8 Å². The van der Waals surface area contributed by atoms with Crippen molar-refractivity contribution >= 4 is 17.9 Å². The summed E-state index contributed by atoms with van der Waals surface area (Å²) in [4.78, 5) is 33.3. The van der Waals surface area contributed by atoms with E-state index < -0.39 is 0 Å². The lowest BCUT2D eigenvalue weighted by atomic mass is 9.80. The Bertz CT molecular complexity index is 950. The molecule has 318 valence electrons. The van der Waals surface area contributed by atoms with Crippen LogP contribution in [0.15, 0.2) is 0 Å². The molecular formula is C48H90O6. The normalized spacial score (nSPS) is 28.5. The van der Waals surface area contributed by atoms with Crippen LogP contribution in [-0.2, 0) is 28.6 Å². The third-order valence-electron chi connectivity index (χ3n) is 12.4. The van der Waals surface area contributed by atoms with Crippen molar-refractivity contribution in [2.24, 2.45) is 88.8 Å². The molecule has 0 bridgehead atoms. The van der Waals surface area contributed by atoms with Crippen LogP contribution in [0.4, 0.5) is 0 Å². The van der Waals surface area contributed by atoms with Crippen LogP contribution < -0.4 is 0 Å². The van der Waals surface area contributed by atoms with E-state index in [-0.39, 0.29) is 54.0 Å². The Morgan fingerprint density at radius 2 is 0.519 bits per heavy atom. The molecule has 3 heterocycles. The molecule has 9 unspecified atom stereocenters. The Morgan fingerprint density at radius 3 is 0.667 bits per heavy atom. The summed E-state index contributed by atoms with van der Waals surface area (Å²) in [6.07, 6.45) is 11.8. The first-order valence-electron chi connectivity index (χ1n) is 22.5. The van der Waals surface area contributed by atoms with Crippen molar-refractivity contribution in [3.63, 3.8) is 0 Å². The minimum atomic E-state index is -0.0207. The second-order valence-electron chi connectivity index (χ2n) is 20.9. The minimum absolute atomic E-state index is 0.0207. The van der Waals surface area contributed by atoms with Crippen molar-refractivity contribution in [3.05, 3.63) is 0 Å². The van der Waals surface area contributed by atoms with Crippen LogP contribution in [0.1, 0.15) is 182 Å². The summed E-state index contributed by atoms with van der Waals surface area (Å²) < 4.78 is 15.7. The van der Waals surface area contributed by atoms with Gasteiger partial charge in [-0.2, -0.15) is 0 Å². The van der Waals surface area contributed by atoms with E-state index in [4.69, 9.17) is 14.2 Å². The van der Waals surface area contributed by atoms with Crippen molar-refractivity contribution in [2.45, 2.75) is 201 Å². The highest BCUT2D eigenvalue weighted by Crippen LogP contribution is 2.36. The average Bonchev–Trinajstić information content (AvgIpc) is 3.02. The Balaban J connectivity index is 0.000000405. The van der Waals surface area contributed by atoms with Crippen LogP contribution in [0.3, 0.4) is 0 Å².